The summed E-state index contributed by atoms with van der Waals surface area (Å²) >= 11 is 0. The minimum Gasteiger partial charge on any atom is -0.368 e. The molecule has 2 atom stereocenters. The van der Waals surface area contributed by atoms with Gasteiger partial charge in [-0.3, -0.25) is 9.13 Å². The Morgan fingerprint density at radius 3 is 1.94 bits per heavy atom. The van der Waals surface area contributed by atoms with E-state index in [0.29, 0.717) is 12.8 Å². The summed E-state index contributed by atoms with van der Waals surface area (Å²) in [5.41, 5.74) is 0. The Hall–Kier alpha value is -0.180. The summed E-state index contributed by atoms with van der Waals surface area (Å²) in [4.78, 5) is 19.0. The van der Waals surface area contributed by atoms with Gasteiger partial charge < -0.3 is 23.9 Å². The number of unbranched alkanes of at least 4 members (excludes halogenated alkanes) is 2. The molecule has 3 N–H and O–H groups in total. The van der Waals surface area contributed by atoms with Gasteiger partial charge in [-0.05, 0) is 19.3 Å². The highest BCUT2D eigenvalue weighted by Gasteiger charge is 2.60. The van der Waals surface area contributed by atoms with Gasteiger partial charge in [0.1, 0.15) is 0 Å². The Labute approximate surface area is 106 Å². The lowest BCUT2D eigenvalue weighted by Crippen LogP contribution is -2.30. The Bertz CT molecular complexity index is 376. The van der Waals surface area contributed by atoms with Crippen molar-refractivity contribution in [3.63, 3.8) is 0 Å². The Balaban J connectivity index is 5.14. The summed E-state index contributed by atoms with van der Waals surface area (Å²) in [6.45, 7) is 0. The second-order valence-electron chi connectivity index (χ2n) is 3.59. The van der Waals surface area contributed by atoms with Gasteiger partial charge in [0.15, 0.2) is 0 Å². The first-order valence-corrected chi connectivity index (χ1v) is 8.27. The highest BCUT2D eigenvalue weighted by Crippen LogP contribution is 2.73. The monoisotopic (exact) mass is 300 g/mol. The van der Waals surface area contributed by atoms with Crippen LogP contribution in [0.5, 0.6) is 0 Å². The van der Waals surface area contributed by atoms with Crippen molar-refractivity contribution in [2.45, 2.75) is 30.8 Å². The van der Waals surface area contributed by atoms with E-state index in [1.807, 2.05) is 0 Å². The van der Waals surface area contributed by atoms with Gasteiger partial charge in [-0.2, -0.15) is 0 Å². The maximum atomic E-state index is 11.7. The van der Waals surface area contributed by atoms with Crippen molar-refractivity contribution in [3.05, 3.63) is 0 Å². The molecule has 0 aliphatic carbocycles. The molecule has 0 aromatic carbocycles. The Kier molecular flexibility index (Phi) is 6.77. The molecule has 0 radical (unpaired) electrons. The molecule has 106 valence electrons. The Morgan fingerprint density at radius 1 is 1.17 bits per heavy atom. The number of hydrogen-bond donors (Lipinski definition) is 3. The lowest BCUT2D eigenvalue weighted by molar-refractivity contribution is 0.108. The molecule has 7 nitrogen and oxygen atoms in total. The van der Waals surface area contributed by atoms with Crippen LogP contribution in [-0.4, -0.2) is 34.2 Å². The van der Waals surface area contributed by atoms with Crippen LogP contribution >= 0.6 is 15.2 Å². The van der Waals surface area contributed by atoms with Crippen LogP contribution in [-0.2, 0) is 18.2 Å². The summed E-state index contributed by atoms with van der Waals surface area (Å²) in [5, 5.41) is 7.19. The van der Waals surface area contributed by atoms with E-state index in [1.165, 1.54) is 0 Å². The molecule has 0 aromatic rings. The highest BCUT2D eigenvalue weighted by atomic mass is 31.2. The van der Waals surface area contributed by atoms with Crippen LogP contribution in [0, 0.1) is 12.3 Å². The smallest absolute Gasteiger partial charge is 0.368 e. The van der Waals surface area contributed by atoms with E-state index in [2.05, 4.69) is 15.0 Å². The van der Waals surface area contributed by atoms with Gasteiger partial charge in [-0.15, -0.1) is 12.3 Å². The molecule has 2 unspecified atom stereocenters. The number of rotatable bonds is 8. The first kappa shape index (κ1) is 17.8. The molecule has 18 heavy (non-hydrogen) atoms. The van der Waals surface area contributed by atoms with Gasteiger partial charge in [0.2, 0.25) is 0 Å². The highest BCUT2D eigenvalue weighted by molar-refractivity contribution is 7.72. The van der Waals surface area contributed by atoms with Crippen molar-refractivity contribution in [1.82, 2.24) is 0 Å². The molecule has 0 saturated carbocycles. The van der Waals surface area contributed by atoms with E-state index in [-0.39, 0.29) is 6.42 Å². The van der Waals surface area contributed by atoms with Gasteiger partial charge in [0, 0.05) is 20.6 Å². The summed E-state index contributed by atoms with van der Waals surface area (Å²) in [7, 11) is -7.70. The fraction of sp³-hybridized carbons (Fsp3) is 0.778. The number of hydrogen-bond acceptors (Lipinski definition) is 5. The summed E-state index contributed by atoms with van der Waals surface area (Å²) in [6, 6.07) is 0. The predicted molar refractivity (Wildman–Crippen MR) is 65.9 cm³/mol. The standard InChI is InChI=1S/C9H18O7P2/c1-4-5-6-7-8-9(10,17(11,12)15-2)18(13,14)16-3/h1,10H,5-8H2,2-3H3,(H,11,12)(H,13,14). The van der Waals surface area contributed by atoms with Crippen molar-refractivity contribution in [2.75, 3.05) is 14.2 Å². The first-order chi connectivity index (χ1) is 8.18. The zero-order valence-corrected chi connectivity index (χ0v) is 12.1. The molecular formula is C9H18O7P2. The SMILES string of the molecule is C#CCCCCC(O)(P(=O)(O)OC)P(=O)(O)OC. The summed E-state index contributed by atoms with van der Waals surface area (Å²) < 4.78 is 31.9. The Morgan fingerprint density at radius 2 is 1.61 bits per heavy atom. The van der Waals surface area contributed by atoms with Crippen LogP contribution in [0.25, 0.3) is 0 Å². The third kappa shape index (κ3) is 3.66. The minimum absolute atomic E-state index is 0.183. The maximum absolute atomic E-state index is 11.7. The van der Waals surface area contributed by atoms with Gasteiger partial charge >= 0.3 is 15.2 Å². The molecule has 0 bridgehead atoms. The van der Waals surface area contributed by atoms with Crippen LogP contribution in [0.2, 0.25) is 0 Å². The van der Waals surface area contributed by atoms with Crippen molar-refractivity contribution in [3.8, 4) is 12.3 Å². The van der Waals surface area contributed by atoms with E-state index >= 15 is 0 Å². The molecule has 0 rings (SSSR count). The zero-order chi connectivity index (χ0) is 14.4. The van der Waals surface area contributed by atoms with E-state index in [4.69, 9.17) is 6.42 Å². The quantitative estimate of drug-likeness (QED) is 0.353. The molecule has 0 saturated heterocycles. The van der Waals surface area contributed by atoms with Crippen molar-refractivity contribution < 1.29 is 33.1 Å². The third-order valence-corrected chi connectivity index (χ3v) is 7.25. The second kappa shape index (κ2) is 6.83. The van der Waals surface area contributed by atoms with E-state index < -0.39 is 26.7 Å². The minimum atomic E-state index is -4.72. The van der Waals surface area contributed by atoms with E-state index in [9.17, 15) is 24.0 Å². The summed E-state index contributed by atoms with van der Waals surface area (Å²) in [5.74, 6) is 2.35. The van der Waals surface area contributed by atoms with Gasteiger partial charge in [-0.1, -0.05) is 0 Å². The van der Waals surface area contributed by atoms with Crippen LogP contribution < -0.4 is 0 Å². The first-order valence-electron chi connectivity index (χ1n) is 5.11. The molecule has 0 amide bonds. The summed E-state index contributed by atoms with van der Waals surface area (Å²) in [6.07, 6.45) is 5.61. The fourth-order valence-corrected chi connectivity index (χ4v) is 4.56. The largest absolute Gasteiger partial charge is 0.371 e. The van der Waals surface area contributed by atoms with Crippen molar-refractivity contribution in [1.29, 1.82) is 0 Å². The van der Waals surface area contributed by atoms with Crippen molar-refractivity contribution >= 4 is 15.2 Å². The molecule has 0 fully saturated rings. The number of aliphatic hydroxyl groups is 1. The molecule has 0 heterocycles. The van der Waals surface area contributed by atoms with Crippen LogP contribution in [0.15, 0.2) is 0 Å². The number of terminal acetylenes is 1. The second-order valence-corrected chi connectivity index (χ2v) is 8.24. The van der Waals surface area contributed by atoms with Gasteiger partial charge in [0.05, 0.1) is 0 Å². The molecule has 0 aliphatic heterocycles. The normalized spacial score (nSPS) is 21.3. The van der Waals surface area contributed by atoms with Gasteiger partial charge in [0.25, 0.3) is 5.08 Å². The molecule has 0 aliphatic rings. The van der Waals surface area contributed by atoms with Gasteiger partial charge in [-0.25, -0.2) is 0 Å². The molecule has 0 aromatic heterocycles. The zero-order valence-electron chi connectivity index (χ0n) is 10.3. The lowest BCUT2D eigenvalue weighted by Gasteiger charge is -2.32. The lowest BCUT2D eigenvalue weighted by atomic mass is 10.2. The van der Waals surface area contributed by atoms with E-state index in [1.54, 1.807) is 0 Å². The van der Waals surface area contributed by atoms with Crippen LogP contribution in [0.1, 0.15) is 25.7 Å². The van der Waals surface area contributed by atoms with Crippen molar-refractivity contribution in [2.24, 2.45) is 0 Å². The molecule has 0 spiro atoms. The van der Waals surface area contributed by atoms with E-state index in [0.717, 1.165) is 14.2 Å². The third-order valence-electron chi connectivity index (χ3n) is 2.48. The van der Waals surface area contributed by atoms with Crippen LogP contribution in [0.4, 0.5) is 0 Å². The molecular weight excluding hydrogens is 282 g/mol. The molecule has 9 heteroatoms. The fourth-order valence-electron chi connectivity index (χ4n) is 1.32. The topological polar surface area (TPSA) is 113 Å². The van der Waals surface area contributed by atoms with Crippen LogP contribution in [0.3, 0.4) is 0 Å². The average molecular weight is 300 g/mol. The average Bonchev–Trinajstić information content (AvgIpc) is 2.33. The maximum Gasteiger partial charge on any atom is 0.371 e. The predicted octanol–water partition coefficient (Wildman–Crippen LogP) is 1.49.